The molecule has 1 heterocycles. The van der Waals surface area contributed by atoms with E-state index in [4.69, 9.17) is 21.3 Å². The van der Waals surface area contributed by atoms with E-state index in [1.807, 2.05) is 50.2 Å². The highest BCUT2D eigenvalue weighted by Gasteiger charge is 2.28. The molecule has 0 fully saturated rings. The van der Waals surface area contributed by atoms with E-state index < -0.39 is 0 Å². The van der Waals surface area contributed by atoms with Crippen molar-refractivity contribution in [2.24, 2.45) is 5.10 Å². The zero-order valence-corrected chi connectivity index (χ0v) is 15.8. The number of benzene rings is 2. The van der Waals surface area contributed by atoms with Crippen molar-refractivity contribution in [3.8, 4) is 5.75 Å². The average molecular weight is 367 g/mol. The van der Waals surface area contributed by atoms with Crippen LogP contribution in [0.4, 0.5) is 16.2 Å². The third-order valence-corrected chi connectivity index (χ3v) is 4.57. The van der Waals surface area contributed by atoms with Gasteiger partial charge in [0.25, 0.3) is 0 Å². The molecule has 3 rings (SSSR count). The quantitative estimate of drug-likeness (QED) is 0.725. The topological polar surface area (TPSA) is 106 Å². The summed E-state index contributed by atoms with van der Waals surface area (Å²) < 4.78 is 5.40. The standard InChI is InChI=1S/C20H25N5O2/c1-4-23-20(26)25-12(2)9-14-10-17(22)18(27-3)11-16(14)19(24-25)13-5-7-15(21)8-6-13/h5-8,10-12H,4,9,21-22H2,1-3H3,(H,23,26). The van der Waals surface area contributed by atoms with Crippen LogP contribution in [0.15, 0.2) is 41.5 Å². The molecule has 1 aliphatic rings. The Morgan fingerprint density at radius 2 is 2.00 bits per heavy atom. The molecule has 5 N–H and O–H groups in total. The Morgan fingerprint density at radius 1 is 1.30 bits per heavy atom. The molecule has 0 bridgehead atoms. The van der Waals surface area contributed by atoms with Crippen molar-refractivity contribution in [3.63, 3.8) is 0 Å². The van der Waals surface area contributed by atoms with Crippen molar-refractivity contribution < 1.29 is 9.53 Å². The van der Waals surface area contributed by atoms with E-state index in [0.717, 1.165) is 16.7 Å². The molecule has 2 aromatic carbocycles. The molecule has 7 nitrogen and oxygen atoms in total. The van der Waals surface area contributed by atoms with Gasteiger partial charge in [0.15, 0.2) is 0 Å². The first kappa shape index (κ1) is 18.6. The van der Waals surface area contributed by atoms with Crippen LogP contribution in [0.3, 0.4) is 0 Å². The van der Waals surface area contributed by atoms with E-state index in [9.17, 15) is 4.79 Å². The summed E-state index contributed by atoms with van der Waals surface area (Å²) in [6, 6.07) is 10.8. The number of hydrogen-bond acceptors (Lipinski definition) is 5. The van der Waals surface area contributed by atoms with Crippen LogP contribution in [0.25, 0.3) is 0 Å². The van der Waals surface area contributed by atoms with E-state index in [1.165, 1.54) is 5.01 Å². The lowest BCUT2D eigenvalue weighted by Crippen LogP contribution is -2.42. The van der Waals surface area contributed by atoms with Crippen LogP contribution in [0, 0.1) is 0 Å². The highest BCUT2D eigenvalue weighted by Crippen LogP contribution is 2.31. The number of nitrogens with zero attached hydrogens (tertiary/aromatic N) is 2. The molecular formula is C20H25N5O2. The SMILES string of the molecule is CCNC(=O)N1N=C(c2ccc(N)cc2)c2cc(OC)c(N)cc2CC1C. The third kappa shape index (κ3) is 3.67. The van der Waals surface area contributed by atoms with Gasteiger partial charge in [-0.2, -0.15) is 5.10 Å². The summed E-state index contributed by atoms with van der Waals surface area (Å²) >= 11 is 0. The lowest BCUT2D eigenvalue weighted by Gasteiger charge is -2.23. The lowest BCUT2D eigenvalue weighted by atomic mass is 9.93. The number of amides is 2. The summed E-state index contributed by atoms with van der Waals surface area (Å²) in [4.78, 5) is 12.6. The van der Waals surface area contributed by atoms with E-state index in [-0.39, 0.29) is 12.1 Å². The van der Waals surface area contributed by atoms with Gasteiger partial charge in [-0.3, -0.25) is 0 Å². The minimum Gasteiger partial charge on any atom is -0.495 e. The molecule has 0 saturated heterocycles. The van der Waals surface area contributed by atoms with Crippen molar-refractivity contribution in [2.45, 2.75) is 26.3 Å². The summed E-state index contributed by atoms with van der Waals surface area (Å²) in [6.45, 7) is 4.38. The molecule has 0 spiro atoms. The van der Waals surface area contributed by atoms with E-state index in [1.54, 1.807) is 7.11 Å². The Hall–Kier alpha value is -3.22. The van der Waals surface area contributed by atoms with Gasteiger partial charge in [0.1, 0.15) is 5.75 Å². The van der Waals surface area contributed by atoms with E-state index >= 15 is 0 Å². The van der Waals surface area contributed by atoms with Crippen LogP contribution in [-0.4, -0.2) is 36.4 Å². The van der Waals surface area contributed by atoms with Crippen molar-refractivity contribution in [1.82, 2.24) is 10.3 Å². The number of fused-ring (bicyclic) bond motifs is 1. The lowest BCUT2D eigenvalue weighted by molar-refractivity contribution is 0.183. The second-order valence-electron chi connectivity index (χ2n) is 6.56. The molecule has 27 heavy (non-hydrogen) atoms. The van der Waals surface area contributed by atoms with E-state index in [0.29, 0.717) is 35.8 Å². The second-order valence-corrected chi connectivity index (χ2v) is 6.56. The molecule has 0 aromatic heterocycles. The normalized spacial score (nSPS) is 16.2. The van der Waals surface area contributed by atoms with Crippen LogP contribution in [0.5, 0.6) is 5.75 Å². The van der Waals surface area contributed by atoms with Gasteiger partial charge in [-0.15, -0.1) is 0 Å². The summed E-state index contributed by atoms with van der Waals surface area (Å²) in [5, 5.41) is 9.05. The number of carbonyl (C=O) groups excluding carboxylic acids is 1. The molecule has 0 saturated carbocycles. The van der Waals surface area contributed by atoms with Crippen LogP contribution in [0.1, 0.15) is 30.5 Å². The number of hydrazone groups is 1. The Labute approximate surface area is 159 Å². The number of hydrogen-bond donors (Lipinski definition) is 3. The number of urea groups is 1. The van der Waals surface area contributed by atoms with Crippen molar-refractivity contribution in [1.29, 1.82) is 0 Å². The van der Waals surface area contributed by atoms with Crippen molar-refractivity contribution in [3.05, 3.63) is 53.1 Å². The Balaban J connectivity index is 2.20. The molecule has 1 aliphatic heterocycles. The molecule has 2 amide bonds. The average Bonchev–Trinajstić information content (AvgIpc) is 2.77. The largest absolute Gasteiger partial charge is 0.495 e. The number of nitrogen functional groups attached to an aromatic ring is 2. The number of nitrogens with one attached hydrogen (secondary N) is 1. The number of carbonyl (C=O) groups is 1. The number of rotatable bonds is 3. The molecule has 7 heteroatoms. The predicted molar refractivity (Wildman–Crippen MR) is 108 cm³/mol. The molecule has 0 aliphatic carbocycles. The van der Waals surface area contributed by atoms with Gasteiger partial charge in [0.2, 0.25) is 0 Å². The molecule has 1 atom stereocenters. The Bertz CT molecular complexity index is 877. The first-order valence-electron chi connectivity index (χ1n) is 8.93. The minimum absolute atomic E-state index is 0.130. The predicted octanol–water partition coefficient (Wildman–Crippen LogP) is 2.59. The maximum atomic E-state index is 12.6. The smallest absolute Gasteiger partial charge is 0.338 e. The highest BCUT2D eigenvalue weighted by molar-refractivity contribution is 6.14. The second kappa shape index (κ2) is 7.57. The van der Waals surface area contributed by atoms with Gasteiger partial charge < -0.3 is 21.5 Å². The highest BCUT2D eigenvalue weighted by atomic mass is 16.5. The van der Waals surface area contributed by atoms with Crippen molar-refractivity contribution in [2.75, 3.05) is 25.1 Å². The number of anilines is 2. The maximum absolute atomic E-state index is 12.6. The summed E-state index contributed by atoms with van der Waals surface area (Å²) in [5.74, 6) is 0.580. The van der Waals surface area contributed by atoms with Gasteiger partial charge in [-0.05, 0) is 50.1 Å². The fourth-order valence-corrected chi connectivity index (χ4v) is 3.21. The van der Waals surface area contributed by atoms with E-state index in [2.05, 4.69) is 5.32 Å². The number of methoxy groups -OCH3 is 1. The Morgan fingerprint density at radius 3 is 2.63 bits per heavy atom. The molecule has 142 valence electrons. The first-order valence-corrected chi connectivity index (χ1v) is 8.93. The van der Waals surface area contributed by atoms with Crippen LogP contribution in [0.2, 0.25) is 0 Å². The molecule has 2 aromatic rings. The van der Waals surface area contributed by atoms with Crippen LogP contribution < -0.4 is 21.5 Å². The molecule has 1 unspecified atom stereocenters. The summed E-state index contributed by atoms with van der Waals surface area (Å²) in [6.07, 6.45) is 0.628. The van der Waals surface area contributed by atoms with Crippen LogP contribution >= 0.6 is 0 Å². The fourth-order valence-electron chi connectivity index (χ4n) is 3.21. The fraction of sp³-hybridized carbons (Fsp3) is 0.300. The first-order chi connectivity index (χ1) is 12.9. The maximum Gasteiger partial charge on any atom is 0.338 e. The number of nitrogens with two attached hydrogens (primary N) is 2. The molecule has 0 radical (unpaired) electrons. The monoisotopic (exact) mass is 367 g/mol. The number of ether oxygens (including phenoxy) is 1. The summed E-state index contributed by atoms with van der Waals surface area (Å²) in [7, 11) is 1.58. The third-order valence-electron chi connectivity index (χ3n) is 4.57. The zero-order chi connectivity index (χ0) is 19.6. The van der Waals surface area contributed by atoms with Gasteiger partial charge in [0.05, 0.1) is 24.6 Å². The van der Waals surface area contributed by atoms with Crippen molar-refractivity contribution >= 4 is 23.1 Å². The van der Waals surface area contributed by atoms with Crippen LogP contribution in [-0.2, 0) is 6.42 Å². The van der Waals surface area contributed by atoms with Gasteiger partial charge >= 0.3 is 6.03 Å². The minimum atomic E-state index is -0.231. The van der Waals surface area contributed by atoms with Gasteiger partial charge in [-0.1, -0.05) is 12.1 Å². The molecular weight excluding hydrogens is 342 g/mol. The Kier molecular flexibility index (Phi) is 5.21. The van der Waals surface area contributed by atoms with Gasteiger partial charge in [0, 0.05) is 23.4 Å². The van der Waals surface area contributed by atoms with Gasteiger partial charge in [-0.25, -0.2) is 9.80 Å². The summed E-state index contributed by atoms with van der Waals surface area (Å²) in [5.41, 5.74) is 16.6. The zero-order valence-electron chi connectivity index (χ0n) is 15.8.